The number of piperidine rings is 1. The molecule has 4 rings (SSSR count). The summed E-state index contributed by atoms with van der Waals surface area (Å²) >= 11 is 0. The summed E-state index contributed by atoms with van der Waals surface area (Å²) in [4.78, 5) is 56.0. The number of hydrogen-bond acceptors (Lipinski definition) is 5. The van der Waals surface area contributed by atoms with Gasteiger partial charge >= 0.3 is 12.1 Å². The van der Waals surface area contributed by atoms with E-state index in [0.717, 1.165) is 16.5 Å². The summed E-state index contributed by atoms with van der Waals surface area (Å²) in [7, 11) is 0. The first kappa shape index (κ1) is 31.1. The molecule has 9 nitrogen and oxygen atoms in total. The van der Waals surface area contributed by atoms with Crippen LogP contribution in [0.3, 0.4) is 0 Å². The summed E-state index contributed by atoms with van der Waals surface area (Å²) in [5.41, 5.74) is 1.19. The van der Waals surface area contributed by atoms with Gasteiger partial charge in [0, 0.05) is 24.0 Å². The number of H-pyrrole nitrogens is 1. The van der Waals surface area contributed by atoms with E-state index in [1.807, 2.05) is 51.2 Å². The number of amides is 3. The number of halogens is 3. The van der Waals surface area contributed by atoms with Gasteiger partial charge in [0.1, 0.15) is 18.1 Å². The first-order valence-electron chi connectivity index (χ1n) is 13.8. The van der Waals surface area contributed by atoms with Gasteiger partial charge < -0.3 is 20.5 Å². The molecule has 1 aliphatic heterocycles. The Labute approximate surface area is 241 Å². The fraction of sp³-hybridized carbons (Fsp3) is 0.567. The minimum absolute atomic E-state index is 0.0771. The molecule has 3 N–H and O–H groups in total. The molecule has 2 aromatic rings. The van der Waals surface area contributed by atoms with Crippen LogP contribution in [0.1, 0.15) is 51.3 Å². The van der Waals surface area contributed by atoms with Gasteiger partial charge in [-0.3, -0.25) is 19.2 Å². The van der Waals surface area contributed by atoms with Crippen LogP contribution in [0.25, 0.3) is 10.9 Å². The summed E-state index contributed by atoms with van der Waals surface area (Å²) in [6.07, 6.45) is -5.28. The Morgan fingerprint density at radius 1 is 1.12 bits per heavy atom. The van der Waals surface area contributed by atoms with E-state index >= 15 is 0 Å². The van der Waals surface area contributed by atoms with Crippen LogP contribution in [0, 0.1) is 47.8 Å². The molecule has 1 saturated carbocycles. The van der Waals surface area contributed by atoms with Crippen molar-refractivity contribution >= 4 is 28.6 Å². The van der Waals surface area contributed by atoms with E-state index < -0.39 is 53.0 Å². The van der Waals surface area contributed by atoms with E-state index in [-0.39, 0.29) is 30.2 Å². The molecular weight excluding hydrogens is 551 g/mol. The maximum Gasteiger partial charge on any atom is 0.471 e. The van der Waals surface area contributed by atoms with Crippen molar-refractivity contribution in [2.24, 2.45) is 22.7 Å². The Morgan fingerprint density at radius 2 is 1.74 bits per heavy atom. The van der Waals surface area contributed by atoms with Gasteiger partial charge in [-0.15, -0.1) is 0 Å². The summed E-state index contributed by atoms with van der Waals surface area (Å²) in [5.74, 6) is -4.03. The molecule has 3 amide bonds. The van der Waals surface area contributed by atoms with Crippen molar-refractivity contribution in [1.29, 1.82) is 5.26 Å². The van der Waals surface area contributed by atoms with Crippen LogP contribution >= 0.6 is 0 Å². The highest BCUT2D eigenvalue weighted by atomic mass is 19.4. The number of benzene rings is 1. The van der Waals surface area contributed by atoms with Gasteiger partial charge in [-0.2, -0.15) is 18.4 Å². The lowest BCUT2D eigenvalue weighted by atomic mass is 9.85. The van der Waals surface area contributed by atoms with E-state index in [0.29, 0.717) is 11.1 Å². The number of nitriles is 1. The van der Waals surface area contributed by atoms with Crippen molar-refractivity contribution in [2.75, 3.05) is 6.54 Å². The highest BCUT2D eigenvalue weighted by Crippen LogP contribution is 2.65. The number of nitrogens with one attached hydrogen (secondary N) is 3. The van der Waals surface area contributed by atoms with E-state index in [9.17, 15) is 37.6 Å². The number of nitrogens with zero attached hydrogens (tertiary/aromatic N) is 2. The van der Waals surface area contributed by atoms with Gasteiger partial charge in [0.2, 0.25) is 11.8 Å². The maximum absolute atomic E-state index is 13.7. The highest BCUT2D eigenvalue weighted by molar-refractivity contribution is 5.95. The van der Waals surface area contributed by atoms with Gasteiger partial charge in [-0.05, 0) is 71.2 Å². The number of hydrogen-bond donors (Lipinski definition) is 3. The Morgan fingerprint density at radius 3 is 2.31 bits per heavy atom. The molecule has 1 aromatic heterocycles. The average molecular weight is 588 g/mol. The second kappa shape index (κ2) is 10.4. The molecule has 0 bridgehead atoms. The standard InChI is InChI=1S/C30H36F3N5O4/c1-14-8-16-10-17(24(39)36-20(16)9-15(14)2)11-18(12-34)35-25(40)22-21-19(29(21,6)7)13-38(22)26(41)23(28(3,4)5)37-27(42)30(31,32)33/h8-10,18-19,21-23H,11,13H2,1-7H3,(H,35,40)(H,36,39)(H,37,42)/t18?,19-,21-,22-,23+/m0/s1. The molecule has 2 fully saturated rings. The SMILES string of the molecule is Cc1cc2cc(CC(C#N)NC(=O)[C@@H]3[C@@H]4[C@H](CN3C(=O)[C@@H](NC(=O)C(F)(F)F)C(C)(C)C)C4(C)C)c(=O)[nH]c2cc1C. The predicted molar refractivity (Wildman–Crippen MR) is 149 cm³/mol. The molecule has 2 heterocycles. The van der Waals surface area contributed by atoms with Crippen LogP contribution in [0.5, 0.6) is 0 Å². The van der Waals surface area contributed by atoms with Gasteiger partial charge in [-0.1, -0.05) is 34.6 Å². The third-order valence-corrected chi connectivity index (χ3v) is 8.84. The number of fused-ring (bicyclic) bond motifs is 2. The minimum Gasteiger partial charge on any atom is -0.338 e. The number of carbonyl (C=O) groups is 3. The minimum atomic E-state index is -5.19. The largest absolute Gasteiger partial charge is 0.471 e. The van der Waals surface area contributed by atoms with Crippen molar-refractivity contribution in [2.45, 2.75) is 79.2 Å². The number of carbonyl (C=O) groups excluding carboxylic acids is 3. The third kappa shape index (κ3) is 5.74. The first-order chi connectivity index (χ1) is 19.3. The number of aromatic amines is 1. The molecule has 1 aromatic carbocycles. The predicted octanol–water partition coefficient (Wildman–Crippen LogP) is 3.27. The van der Waals surface area contributed by atoms with Crippen LogP contribution in [-0.4, -0.2) is 58.5 Å². The molecule has 5 atom stereocenters. The molecule has 2 aliphatic rings. The van der Waals surface area contributed by atoms with Gasteiger partial charge in [-0.25, -0.2) is 0 Å². The fourth-order valence-corrected chi connectivity index (χ4v) is 6.12. The summed E-state index contributed by atoms with van der Waals surface area (Å²) in [5, 5.41) is 15.1. The molecule has 0 spiro atoms. The molecule has 0 radical (unpaired) electrons. The quantitative estimate of drug-likeness (QED) is 0.477. The van der Waals surface area contributed by atoms with Crippen LogP contribution in [0.2, 0.25) is 0 Å². The smallest absolute Gasteiger partial charge is 0.338 e. The van der Waals surface area contributed by atoms with Crippen LogP contribution < -0.4 is 16.2 Å². The molecule has 42 heavy (non-hydrogen) atoms. The van der Waals surface area contributed by atoms with Crippen LogP contribution in [-0.2, 0) is 20.8 Å². The Balaban J connectivity index is 1.58. The second-order valence-corrected chi connectivity index (χ2v) is 13.2. The van der Waals surface area contributed by atoms with E-state index in [1.165, 1.54) is 25.7 Å². The monoisotopic (exact) mass is 587 g/mol. The lowest BCUT2D eigenvalue weighted by Gasteiger charge is -2.37. The van der Waals surface area contributed by atoms with Crippen molar-refractivity contribution < 1.29 is 27.6 Å². The molecule has 1 saturated heterocycles. The Kier molecular flexibility index (Phi) is 7.72. The summed E-state index contributed by atoms with van der Waals surface area (Å²) < 4.78 is 39.2. The van der Waals surface area contributed by atoms with Crippen molar-refractivity contribution in [3.05, 3.63) is 45.2 Å². The fourth-order valence-electron chi connectivity index (χ4n) is 6.12. The van der Waals surface area contributed by atoms with E-state index in [1.54, 1.807) is 6.07 Å². The Hall–Kier alpha value is -3.88. The van der Waals surface area contributed by atoms with Gasteiger partial charge in [0.15, 0.2) is 0 Å². The number of likely N-dealkylation sites (tertiary alicyclic amines) is 1. The molecule has 1 unspecified atom stereocenters. The van der Waals surface area contributed by atoms with Crippen molar-refractivity contribution in [3.8, 4) is 6.07 Å². The highest BCUT2D eigenvalue weighted by Gasteiger charge is 2.70. The van der Waals surface area contributed by atoms with Crippen LogP contribution in [0.4, 0.5) is 13.2 Å². The zero-order valence-electron chi connectivity index (χ0n) is 24.7. The topological polar surface area (TPSA) is 135 Å². The number of aryl methyl sites for hydroxylation is 2. The number of rotatable bonds is 6. The second-order valence-electron chi connectivity index (χ2n) is 13.2. The van der Waals surface area contributed by atoms with Crippen molar-refractivity contribution in [1.82, 2.24) is 20.5 Å². The van der Waals surface area contributed by atoms with Crippen LogP contribution in [0.15, 0.2) is 23.0 Å². The Bertz CT molecular complexity index is 1550. The van der Waals surface area contributed by atoms with E-state index in [4.69, 9.17) is 0 Å². The van der Waals surface area contributed by atoms with Gasteiger partial charge in [0.05, 0.1) is 6.07 Å². The third-order valence-electron chi connectivity index (χ3n) is 8.84. The normalized spacial score (nSPS) is 22.6. The lowest BCUT2D eigenvalue weighted by Crippen LogP contribution is -2.61. The lowest BCUT2D eigenvalue weighted by molar-refractivity contribution is -0.176. The number of pyridine rings is 1. The summed E-state index contributed by atoms with van der Waals surface area (Å²) in [6.45, 7) is 12.5. The zero-order chi connectivity index (χ0) is 31.5. The molecular formula is C30H36F3N5O4. The molecule has 1 aliphatic carbocycles. The number of aromatic nitrogens is 1. The molecule has 226 valence electrons. The number of alkyl halides is 3. The van der Waals surface area contributed by atoms with Crippen molar-refractivity contribution in [3.63, 3.8) is 0 Å². The maximum atomic E-state index is 13.7. The molecule has 12 heteroatoms. The average Bonchev–Trinajstić information content (AvgIpc) is 3.20. The summed E-state index contributed by atoms with van der Waals surface area (Å²) in [6, 6.07) is 3.77. The zero-order valence-corrected chi connectivity index (χ0v) is 24.7. The van der Waals surface area contributed by atoms with Gasteiger partial charge in [0.25, 0.3) is 5.56 Å². The first-order valence-corrected chi connectivity index (χ1v) is 13.8. The van der Waals surface area contributed by atoms with E-state index in [2.05, 4.69) is 10.3 Å².